The molecule has 0 fully saturated rings. The second-order valence-electron chi connectivity index (χ2n) is 30.1. The number of amides is 7. The van der Waals surface area contributed by atoms with Gasteiger partial charge in [0.2, 0.25) is 17.7 Å². The number of likely N-dealkylation sites (N-methyl/N-ethyl adjacent to an activating group) is 3. The number of esters is 4. The summed E-state index contributed by atoms with van der Waals surface area (Å²) in [5.74, 6) is -5.32. The molecule has 0 bridgehead atoms. The number of nitrogens with zero attached hydrogens (tertiary/aromatic N) is 5. The van der Waals surface area contributed by atoms with Crippen molar-refractivity contribution in [3.05, 3.63) is 237 Å². The van der Waals surface area contributed by atoms with E-state index < -0.39 is 91.5 Å². The minimum Gasteiger partial charge on any atom is -0.870 e. The summed E-state index contributed by atoms with van der Waals surface area (Å²) in [6, 6.07) is 28.5. The molecule has 125 heavy (non-hydrogen) atoms. The van der Waals surface area contributed by atoms with Crippen molar-refractivity contribution < 1.29 is 143 Å². The molecule has 5 aliphatic heterocycles. The average molecular weight is 1940 g/mol. The minimum atomic E-state index is -1.07. The number of nitrogens with one attached hydrogen (secondary N) is 2. The third-order valence-corrected chi connectivity index (χ3v) is 23.8. The summed E-state index contributed by atoms with van der Waals surface area (Å²) in [7, 11) is 2.68. The second-order valence-corrected chi connectivity index (χ2v) is 42.7. The molecule has 0 saturated carbocycles. The molecule has 680 valence electrons. The second kappa shape index (κ2) is 58.6. The zero-order valence-electron chi connectivity index (χ0n) is 73.9. The van der Waals surface area contributed by atoms with Gasteiger partial charge in [0.25, 0.3) is 0 Å². The van der Waals surface area contributed by atoms with E-state index >= 15 is 0 Å². The molecule has 5 aliphatic rings. The van der Waals surface area contributed by atoms with Crippen LogP contribution in [-0.4, -0.2) is 212 Å². The molecule has 7 amide bonds. The number of rotatable bonds is 30. The molecule has 4 N–H and O–H groups in total. The number of alkyl halides is 2. The largest absolute Gasteiger partial charge is 1.00 e. The standard InChI is InChI=1S/C20H29FN2O4Si.C19H27FN2O4Si.C15H16FNO3.C14H14FNO3.C13H12FNO3.C6H15ClOSi.CH3I.Na.H2O/c1-5-27-19(24)17-13-23(14-26-11-6-12-28(3)4)20(25)22(2)18(17)15-7-9-16(21)10-8-15;1-4-26-18(23)16-12-22(13-25-10-5-11-27(2)3)19(24)21-17(16)14-6-8-15(20)9-7-14;1-3-20-15(19)12-8-9-13(18)17(2)14(12)10-4-6-11(16)7-5-10;1-2-19-14(18)11-7-8-12(17)16-13(11)9-3-5-10(15)6-4-9;1-15-11(16)7-6-10(13(17)18)12(15)8-2-4-9(14)5-3-8;1-9(2,3)5-4-8-6-7;1-2;;/h7-10,13,18,28H,5-6,11-12,14H2,1-4H3;6-9,12,17,27H,4-5,10-11,13H2,1-3H3,(H,21,24);4-8,14H,3,9H2,1-2H3;3-7,13H,2,8H2,1H3,(H,16,17);2-6,12H,7H2,1H3,(H,17,18);4-6H2,1-3H3;1H3;;1H2/q;;;;;;;+1;/p-1. The van der Waals surface area contributed by atoms with Crippen LogP contribution in [0.1, 0.15) is 118 Å². The monoisotopic (exact) mass is 1940 g/mol. The van der Waals surface area contributed by atoms with Crippen LogP contribution >= 0.6 is 34.2 Å². The van der Waals surface area contributed by atoms with E-state index in [1.54, 1.807) is 97.4 Å². The smallest absolute Gasteiger partial charge is 0.870 e. The third kappa shape index (κ3) is 37.6. The van der Waals surface area contributed by atoms with Gasteiger partial charge in [-0.1, -0.05) is 171 Å². The SMILES string of the molecule is CCOC(=O)C1=CCC(=O)N(C)C1c1ccc(F)cc1.CCOC(=O)C1=CCC(=O)NC1c1ccc(F)cc1.CCOC(=O)C1=CN(COCCC[SiH](C)C)C(=O)N(C)C1c1ccc(F)cc1.CCOC(=O)C1=CN(COCCC[SiH](C)C)C(=O)NC1c1ccc(F)cc1.CI.CN1C(=O)CC=C(C(=O)O)C1c1ccc(F)cc1.C[Si](C)(C)CCOCCl.[Na+].[OH-]. The molecule has 10 rings (SSSR count). The Morgan fingerprint density at radius 2 is 0.792 bits per heavy atom. The van der Waals surface area contributed by atoms with Crippen LogP contribution in [0.2, 0.25) is 64.0 Å². The first-order chi connectivity index (χ1) is 58.5. The molecule has 5 atom stereocenters. The van der Waals surface area contributed by atoms with Gasteiger partial charge in [-0.3, -0.25) is 24.2 Å². The number of carbonyl (C=O) groups excluding carboxylic acids is 9. The van der Waals surface area contributed by atoms with E-state index in [1.165, 1.54) is 146 Å². The van der Waals surface area contributed by atoms with Crippen molar-refractivity contribution in [2.45, 2.75) is 154 Å². The number of carbonyl (C=O) groups is 10. The molecule has 5 aromatic rings. The van der Waals surface area contributed by atoms with Gasteiger partial charge >= 0.3 is 71.5 Å². The molecule has 0 radical (unpaired) electrons. The number of aliphatic carboxylic acids is 1. The maximum Gasteiger partial charge on any atom is 1.00 e. The zero-order valence-corrected chi connectivity index (χ0v) is 82.1. The van der Waals surface area contributed by atoms with Gasteiger partial charge in [-0.05, 0) is 140 Å². The maximum absolute atomic E-state index is 13.3. The number of hydrogen-bond acceptors (Lipinski definition) is 18. The molecule has 0 saturated heterocycles. The maximum atomic E-state index is 13.3. The number of ether oxygens (including phenoxy) is 7. The Kier molecular flexibility index (Phi) is 52.7. The molecule has 26 nitrogen and oxygen atoms in total. The fourth-order valence-corrected chi connectivity index (χ4v) is 15.4. The summed E-state index contributed by atoms with van der Waals surface area (Å²) < 4.78 is 102. The van der Waals surface area contributed by atoms with E-state index in [4.69, 9.17) is 49.9 Å². The molecular weight excluding hydrogens is 1820 g/mol. The minimum absolute atomic E-state index is 0. The van der Waals surface area contributed by atoms with Crippen molar-refractivity contribution >= 4 is 119 Å². The van der Waals surface area contributed by atoms with Gasteiger partial charge in [0, 0.05) is 98.3 Å². The number of halogens is 7. The summed E-state index contributed by atoms with van der Waals surface area (Å²) >= 11 is 7.47. The van der Waals surface area contributed by atoms with Crippen LogP contribution in [0.25, 0.3) is 0 Å². The van der Waals surface area contributed by atoms with Crippen LogP contribution in [0, 0.1) is 29.1 Å². The Morgan fingerprint density at radius 3 is 1.17 bits per heavy atom. The molecule has 37 heteroatoms. The van der Waals surface area contributed by atoms with Crippen molar-refractivity contribution in [2.75, 3.05) is 91.8 Å². The molecule has 0 aromatic heterocycles. The Morgan fingerprint density at radius 1 is 0.464 bits per heavy atom. The Labute approximate surface area is 774 Å². The molecule has 0 spiro atoms. The van der Waals surface area contributed by atoms with Crippen LogP contribution in [0.4, 0.5) is 31.5 Å². The molecular formula is C88H117ClF5IN7NaO19Si3. The first-order valence-corrected chi connectivity index (χ1v) is 52.9. The van der Waals surface area contributed by atoms with Gasteiger partial charge in [0.15, 0.2) is 0 Å². The summed E-state index contributed by atoms with van der Waals surface area (Å²) in [6.45, 7) is 26.1. The third-order valence-electron chi connectivity index (χ3n) is 18.9. The predicted octanol–water partition coefficient (Wildman–Crippen LogP) is 13.0. The molecule has 5 heterocycles. The number of benzene rings is 5. The van der Waals surface area contributed by atoms with Crippen LogP contribution < -0.4 is 40.2 Å². The average Bonchev–Trinajstić information content (AvgIpc) is 1.52. The fraction of sp³-hybridized carbons (Fsp3) is 0.432. The van der Waals surface area contributed by atoms with Gasteiger partial charge < -0.3 is 69.1 Å². The number of hydrogen-bond donors (Lipinski definition) is 3. The van der Waals surface area contributed by atoms with Gasteiger partial charge in [0.05, 0.1) is 84.5 Å². The summed E-state index contributed by atoms with van der Waals surface area (Å²) in [6.07, 6.45) is 9.84. The first-order valence-electron chi connectivity index (χ1n) is 40.3. The van der Waals surface area contributed by atoms with Crippen LogP contribution in [0.5, 0.6) is 0 Å². The van der Waals surface area contributed by atoms with Crippen molar-refractivity contribution in [1.82, 2.24) is 35.1 Å². The van der Waals surface area contributed by atoms with Gasteiger partial charge in [-0.25, -0.2) is 55.5 Å². The van der Waals surface area contributed by atoms with Crippen molar-refractivity contribution in [3.8, 4) is 0 Å². The zero-order chi connectivity index (χ0) is 91.6. The predicted molar refractivity (Wildman–Crippen MR) is 478 cm³/mol. The molecule has 5 unspecified atom stereocenters. The Hall–Kier alpha value is -8.74. The summed E-state index contributed by atoms with van der Waals surface area (Å²) in [4.78, 5) is 129. The fourth-order valence-electron chi connectivity index (χ4n) is 12.5. The summed E-state index contributed by atoms with van der Waals surface area (Å²) in [5, 5.41) is 14.6. The normalized spacial score (nSPS) is 17.1. The van der Waals surface area contributed by atoms with E-state index in [0.29, 0.717) is 63.8 Å². The number of carboxylic acid groups (broad SMARTS) is 1. The topological polar surface area (TPSA) is 326 Å². The van der Waals surface area contributed by atoms with Gasteiger partial charge in [-0.15, -0.1) is 0 Å². The van der Waals surface area contributed by atoms with E-state index in [0.717, 1.165) is 19.4 Å². The van der Waals surface area contributed by atoms with E-state index in [2.05, 4.69) is 79.1 Å². The quantitative estimate of drug-likeness (QED) is 0.00731. The Balaban J connectivity index is 0.000000516. The van der Waals surface area contributed by atoms with Crippen molar-refractivity contribution in [3.63, 3.8) is 0 Å². The molecule has 5 aromatic carbocycles. The van der Waals surface area contributed by atoms with Gasteiger partial charge in [0.1, 0.15) is 48.6 Å². The first kappa shape index (κ1) is 112. The van der Waals surface area contributed by atoms with Crippen molar-refractivity contribution in [1.29, 1.82) is 0 Å². The van der Waals surface area contributed by atoms with E-state index in [1.807, 2.05) is 4.93 Å². The van der Waals surface area contributed by atoms with E-state index in [9.17, 15) is 69.9 Å². The van der Waals surface area contributed by atoms with Crippen molar-refractivity contribution in [2.24, 2.45) is 0 Å². The van der Waals surface area contributed by atoms with Gasteiger partial charge in [-0.2, -0.15) is 0 Å². The van der Waals surface area contributed by atoms with Crippen LogP contribution in [0.15, 0.2) is 180 Å². The summed E-state index contributed by atoms with van der Waals surface area (Å²) in [5.41, 5.74) is 4.69. The molecule has 0 aliphatic carbocycles. The number of carboxylic acids is 1. The van der Waals surface area contributed by atoms with E-state index in [-0.39, 0.29) is 158 Å². The van der Waals surface area contributed by atoms with Crippen LogP contribution in [-0.2, 0) is 71.5 Å². The number of urea groups is 2. The Bertz CT molecular complexity index is 4440. The van der Waals surface area contributed by atoms with Crippen LogP contribution in [0.3, 0.4) is 0 Å².